The standard InChI is InChI=1S/C22H29N3OS/c1-18-5-3-6-21(17-18)25-14-12-24(13-15-25)11-4-16-27-22-9-7-20(8-10-22)23-19(2)26/h3,5-10,17H,4,11-16H2,1-2H3,(H,23,26). The number of thioether (sulfide) groups is 1. The molecule has 5 heteroatoms. The molecule has 1 aliphatic heterocycles. The minimum Gasteiger partial charge on any atom is -0.369 e. The van der Waals surface area contributed by atoms with Gasteiger partial charge < -0.3 is 10.2 Å². The molecular formula is C22H29N3OS. The average Bonchev–Trinajstić information content (AvgIpc) is 2.66. The number of benzene rings is 2. The highest BCUT2D eigenvalue weighted by Crippen LogP contribution is 2.22. The maximum atomic E-state index is 11.1. The van der Waals surface area contributed by atoms with E-state index in [0.29, 0.717) is 0 Å². The lowest BCUT2D eigenvalue weighted by molar-refractivity contribution is -0.114. The Hall–Kier alpha value is -1.98. The molecule has 0 unspecified atom stereocenters. The Kier molecular flexibility index (Phi) is 7.18. The van der Waals surface area contributed by atoms with Gasteiger partial charge in [0.1, 0.15) is 0 Å². The van der Waals surface area contributed by atoms with Crippen LogP contribution in [-0.2, 0) is 4.79 Å². The molecular weight excluding hydrogens is 354 g/mol. The van der Waals surface area contributed by atoms with Crippen LogP contribution in [0.2, 0.25) is 0 Å². The quantitative estimate of drug-likeness (QED) is 0.572. The first-order valence-corrected chi connectivity index (χ1v) is 10.6. The van der Waals surface area contributed by atoms with Gasteiger partial charge in [-0.3, -0.25) is 9.69 Å². The number of rotatable bonds is 7. The van der Waals surface area contributed by atoms with Gasteiger partial charge in [0.05, 0.1) is 0 Å². The second-order valence-corrected chi connectivity index (χ2v) is 8.24. The molecule has 1 heterocycles. The zero-order valence-electron chi connectivity index (χ0n) is 16.3. The Morgan fingerprint density at radius 1 is 1.07 bits per heavy atom. The van der Waals surface area contributed by atoms with E-state index in [1.165, 1.54) is 36.0 Å². The van der Waals surface area contributed by atoms with E-state index in [9.17, 15) is 4.79 Å². The Labute approximate surface area is 166 Å². The fourth-order valence-corrected chi connectivity index (χ4v) is 4.21. The monoisotopic (exact) mass is 383 g/mol. The van der Waals surface area contributed by atoms with Crippen molar-refractivity contribution >= 4 is 29.0 Å². The third-order valence-corrected chi connectivity index (χ3v) is 5.90. The first-order valence-electron chi connectivity index (χ1n) is 9.64. The molecule has 0 spiro atoms. The second kappa shape index (κ2) is 9.81. The molecule has 1 fully saturated rings. The average molecular weight is 384 g/mol. The van der Waals surface area contributed by atoms with E-state index in [2.05, 4.69) is 58.4 Å². The molecule has 2 aromatic carbocycles. The molecule has 4 nitrogen and oxygen atoms in total. The van der Waals surface area contributed by atoms with Crippen LogP contribution < -0.4 is 10.2 Å². The molecule has 1 aliphatic rings. The summed E-state index contributed by atoms with van der Waals surface area (Å²) in [5.41, 5.74) is 3.54. The van der Waals surface area contributed by atoms with Crippen molar-refractivity contribution in [3.05, 3.63) is 54.1 Å². The van der Waals surface area contributed by atoms with Crippen LogP contribution in [-0.4, -0.2) is 49.3 Å². The number of aryl methyl sites for hydroxylation is 1. The Bertz CT molecular complexity index is 739. The molecule has 0 radical (unpaired) electrons. The summed E-state index contributed by atoms with van der Waals surface area (Å²) >= 11 is 1.89. The van der Waals surface area contributed by atoms with Crippen molar-refractivity contribution in [1.29, 1.82) is 0 Å². The highest BCUT2D eigenvalue weighted by molar-refractivity contribution is 7.99. The number of nitrogens with zero attached hydrogens (tertiary/aromatic N) is 2. The van der Waals surface area contributed by atoms with Gasteiger partial charge in [0.15, 0.2) is 0 Å². The number of hydrogen-bond donors (Lipinski definition) is 1. The number of hydrogen-bond acceptors (Lipinski definition) is 4. The van der Waals surface area contributed by atoms with Gasteiger partial charge in [-0.15, -0.1) is 11.8 Å². The van der Waals surface area contributed by atoms with Crippen LogP contribution in [0.5, 0.6) is 0 Å². The summed E-state index contributed by atoms with van der Waals surface area (Å²) in [7, 11) is 0. The van der Waals surface area contributed by atoms with Crippen LogP contribution in [0.15, 0.2) is 53.4 Å². The van der Waals surface area contributed by atoms with Crippen LogP contribution in [0.1, 0.15) is 18.9 Å². The molecule has 0 atom stereocenters. The van der Waals surface area contributed by atoms with Crippen LogP contribution in [0, 0.1) is 6.92 Å². The van der Waals surface area contributed by atoms with Gasteiger partial charge >= 0.3 is 0 Å². The van der Waals surface area contributed by atoms with Crippen molar-refractivity contribution in [2.45, 2.75) is 25.2 Å². The molecule has 1 N–H and O–H groups in total. The van der Waals surface area contributed by atoms with E-state index in [0.717, 1.165) is 37.6 Å². The molecule has 27 heavy (non-hydrogen) atoms. The van der Waals surface area contributed by atoms with Gasteiger partial charge in [-0.05, 0) is 67.6 Å². The Balaban J connectivity index is 1.34. The number of anilines is 2. The maximum Gasteiger partial charge on any atom is 0.221 e. The highest BCUT2D eigenvalue weighted by atomic mass is 32.2. The summed E-state index contributed by atoms with van der Waals surface area (Å²) in [6.07, 6.45) is 1.20. The van der Waals surface area contributed by atoms with Crippen LogP contribution in [0.3, 0.4) is 0 Å². The highest BCUT2D eigenvalue weighted by Gasteiger charge is 2.16. The van der Waals surface area contributed by atoms with Gasteiger partial charge in [0.25, 0.3) is 0 Å². The van der Waals surface area contributed by atoms with Crippen molar-refractivity contribution in [3.8, 4) is 0 Å². The normalized spacial score (nSPS) is 15.0. The van der Waals surface area contributed by atoms with Crippen LogP contribution in [0.4, 0.5) is 11.4 Å². The molecule has 1 saturated heterocycles. The van der Waals surface area contributed by atoms with Crippen LogP contribution >= 0.6 is 11.8 Å². The first kappa shape index (κ1) is 19.8. The minimum absolute atomic E-state index is 0.0297. The van der Waals surface area contributed by atoms with Crippen molar-refractivity contribution in [3.63, 3.8) is 0 Å². The molecule has 0 bridgehead atoms. The lowest BCUT2D eigenvalue weighted by atomic mass is 10.2. The summed E-state index contributed by atoms with van der Waals surface area (Å²) < 4.78 is 0. The fraction of sp³-hybridized carbons (Fsp3) is 0.409. The number of carbonyl (C=O) groups is 1. The first-order chi connectivity index (χ1) is 13.1. The van der Waals surface area contributed by atoms with E-state index in [1.807, 2.05) is 23.9 Å². The van der Waals surface area contributed by atoms with E-state index in [1.54, 1.807) is 0 Å². The van der Waals surface area contributed by atoms with E-state index < -0.39 is 0 Å². The third-order valence-electron chi connectivity index (χ3n) is 4.80. The minimum atomic E-state index is -0.0297. The Morgan fingerprint density at radius 3 is 2.48 bits per heavy atom. The zero-order chi connectivity index (χ0) is 19.1. The van der Waals surface area contributed by atoms with Gasteiger partial charge in [-0.2, -0.15) is 0 Å². The summed E-state index contributed by atoms with van der Waals surface area (Å²) in [5.74, 6) is 1.09. The maximum absolute atomic E-state index is 11.1. The van der Waals surface area contributed by atoms with Crippen LogP contribution in [0.25, 0.3) is 0 Å². The number of amides is 1. The van der Waals surface area contributed by atoms with E-state index >= 15 is 0 Å². The number of nitrogens with one attached hydrogen (secondary N) is 1. The smallest absolute Gasteiger partial charge is 0.221 e. The molecule has 0 aromatic heterocycles. The molecule has 1 amide bonds. The van der Waals surface area contributed by atoms with Crippen molar-refractivity contribution < 1.29 is 4.79 Å². The fourth-order valence-electron chi connectivity index (χ4n) is 3.37. The molecule has 3 rings (SSSR count). The number of carbonyl (C=O) groups excluding carboxylic acids is 1. The SMILES string of the molecule is CC(=O)Nc1ccc(SCCCN2CCN(c3cccc(C)c3)CC2)cc1. The number of piperazine rings is 1. The molecule has 144 valence electrons. The molecule has 2 aromatic rings. The lowest BCUT2D eigenvalue weighted by Gasteiger charge is -2.36. The van der Waals surface area contributed by atoms with Gasteiger partial charge in [-0.25, -0.2) is 0 Å². The van der Waals surface area contributed by atoms with E-state index in [-0.39, 0.29) is 5.91 Å². The van der Waals surface area contributed by atoms with E-state index in [4.69, 9.17) is 0 Å². The van der Waals surface area contributed by atoms with Gasteiger partial charge in [-0.1, -0.05) is 12.1 Å². The predicted octanol–water partition coefficient (Wildman–Crippen LogP) is 4.26. The zero-order valence-corrected chi connectivity index (χ0v) is 17.1. The topological polar surface area (TPSA) is 35.6 Å². The van der Waals surface area contributed by atoms with Gasteiger partial charge in [0, 0.05) is 49.4 Å². The van der Waals surface area contributed by atoms with Gasteiger partial charge in [0.2, 0.25) is 5.91 Å². The lowest BCUT2D eigenvalue weighted by Crippen LogP contribution is -2.46. The third kappa shape index (κ3) is 6.29. The molecule has 0 saturated carbocycles. The summed E-state index contributed by atoms with van der Waals surface area (Å²) in [6, 6.07) is 16.9. The summed E-state index contributed by atoms with van der Waals surface area (Å²) in [5, 5.41) is 2.80. The summed E-state index contributed by atoms with van der Waals surface area (Å²) in [4.78, 5) is 17.4. The largest absolute Gasteiger partial charge is 0.369 e. The molecule has 0 aliphatic carbocycles. The van der Waals surface area contributed by atoms with Crippen molar-refractivity contribution in [1.82, 2.24) is 4.90 Å². The van der Waals surface area contributed by atoms with Crippen molar-refractivity contribution in [2.24, 2.45) is 0 Å². The second-order valence-electron chi connectivity index (χ2n) is 7.08. The predicted molar refractivity (Wildman–Crippen MR) is 116 cm³/mol. The summed E-state index contributed by atoms with van der Waals surface area (Å²) in [6.45, 7) is 9.36. The Morgan fingerprint density at radius 2 is 1.81 bits per heavy atom. The van der Waals surface area contributed by atoms with Crippen molar-refractivity contribution in [2.75, 3.05) is 48.7 Å².